The number of hydrogen-bond acceptors (Lipinski definition) is 4. The van der Waals surface area contributed by atoms with E-state index >= 15 is 0 Å². The van der Waals surface area contributed by atoms with Crippen LogP contribution in [0.5, 0.6) is 0 Å². The fraction of sp³-hybridized carbons (Fsp3) is 0.692. The van der Waals surface area contributed by atoms with Crippen LogP contribution in [-0.4, -0.2) is 40.6 Å². The maximum atomic E-state index is 12.2. The van der Waals surface area contributed by atoms with Gasteiger partial charge in [-0.2, -0.15) is 0 Å². The Kier molecular flexibility index (Phi) is 4.01. The molecule has 0 saturated carbocycles. The molecule has 1 saturated heterocycles. The van der Waals surface area contributed by atoms with Gasteiger partial charge in [-0.3, -0.25) is 4.79 Å². The van der Waals surface area contributed by atoms with Crippen LogP contribution in [0.15, 0.2) is 17.2 Å². The van der Waals surface area contributed by atoms with Crippen molar-refractivity contribution in [2.24, 2.45) is 0 Å². The van der Waals surface area contributed by atoms with Crippen LogP contribution in [0.3, 0.4) is 0 Å². The number of nitrogens with zero attached hydrogens (tertiary/aromatic N) is 3. The summed E-state index contributed by atoms with van der Waals surface area (Å²) in [4.78, 5) is 18.7. The summed E-state index contributed by atoms with van der Waals surface area (Å²) in [7, 11) is 2.11. The van der Waals surface area contributed by atoms with Gasteiger partial charge < -0.3 is 14.8 Å². The standard InChI is InChI=1S/C13H22N4O/c1-10(2)17-8-6-14-12(13(17)18)15-11-5-4-7-16(3)9-11/h6,8,10-11H,4-5,7,9H2,1-3H3,(H,14,15). The van der Waals surface area contributed by atoms with Crippen LogP contribution >= 0.6 is 0 Å². The van der Waals surface area contributed by atoms with E-state index in [2.05, 4.69) is 22.2 Å². The molecular formula is C13H22N4O. The summed E-state index contributed by atoms with van der Waals surface area (Å²) in [6.07, 6.45) is 5.70. The van der Waals surface area contributed by atoms with Crippen molar-refractivity contribution < 1.29 is 0 Å². The van der Waals surface area contributed by atoms with E-state index in [0.717, 1.165) is 19.5 Å². The van der Waals surface area contributed by atoms with Crippen LogP contribution in [-0.2, 0) is 0 Å². The van der Waals surface area contributed by atoms with Crippen molar-refractivity contribution in [1.82, 2.24) is 14.5 Å². The Labute approximate surface area is 108 Å². The van der Waals surface area contributed by atoms with Gasteiger partial charge in [-0.15, -0.1) is 0 Å². The van der Waals surface area contributed by atoms with Gasteiger partial charge in [-0.1, -0.05) is 0 Å². The smallest absolute Gasteiger partial charge is 0.293 e. The van der Waals surface area contributed by atoms with Crippen molar-refractivity contribution in [1.29, 1.82) is 0 Å². The Bertz CT molecular complexity index is 455. The molecule has 1 unspecified atom stereocenters. The summed E-state index contributed by atoms with van der Waals surface area (Å²) in [5, 5.41) is 3.29. The Morgan fingerprint density at radius 1 is 1.50 bits per heavy atom. The van der Waals surface area contributed by atoms with E-state index in [9.17, 15) is 4.79 Å². The Morgan fingerprint density at radius 2 is 2.28 bits per heavy atom. The molecule has 0 bridgehead atoms. The highest BCUT2D eigenvalue weighted by Gasteiger charge is 2.18. The molecule has 1 atom stereocenters. The zero-order valence-corrected chi connectivity index (χ0v) is 11.4. The average Bonchev–Trinajstić information content (AvgIpc) is 2.31. The number of rotatable bonds is 3. The number of nitrogens with one attached hydrogen (secondary N) is 1. The molecule has 5 nitrogen and oxygen atoms in total. The van der Waals surface area contributed by atoms with Crippen LogP contribution < -0.4 is 10.9 Å². The van der Waals surface area contributed by atoms with Crippen LogP contribution in [0.2, 0.25) is 0 Å². The van der Waals surface area contributed by atoms with E-state index in [1.165, 1.54) is 6.42 Å². The highest BCUT2D eigenvalue weighted by Crippen LogP contribution is 2.11. The maximum Gasteiger partial charge on any atom is 0.293 e. The van der Waals surface area contributed by atoms with Crippen molar-refractivity contribution in [3.63, 3.8) is 0 Å². The number of anilines is 1. The number of aromatic nitrogens is 2. The normalized spacial score (nSPS) is 21.2. The highest BCUT2D eigenvalue weighted by atomic mass is 16.1. The quantitative estimate of drug-likeness (QED) is 0.879. The lowest BCUT2D eigenvalue weighted by atomic mass is 10.1. The predicted octanol–water partition coefficient (Wildman–Crippen LogP) is 1.33. The minimum atomic E-state index is -0.0271. The first-order valence-electron chi connectivity index (χ1n) is 6.60. The van der Waals surface area contributed by atoms with Gasteiger partial charge in [0.1, 0.15) is 0 Å². The average molecular weight is 250 g/mol. The molecule has 2 rings (SSSR count). The van der Waals surface area contributed by atoms with Gasteiger partial charge in [-0.25, -0.2) is 4.98 Å². The van der Waals surface area contributed by atoms with E-state index in [0.29, 0.717) is 11.9 Å². The molecule has 1 aromatic rings. The minimum Gasteiger partial charge on any atom is -0.361 e. The summed E-state index contributed by atoms with van der Waals surface area (Å²) < 4.78 is 1.71. The van der Waals surface area contributed by atoms with Crippen molar-refractivity contribution in [3.05, 3.63) is 22.7 Å². The number of likely N-dealkylation sites (tertiary alicyclic amines) is 1. The van der Waals surface area contributed by atoms with Crippen molar-refractivity contribution in [3.8, 4) is 0 Å². The summed E-state index contributed by atoms with van der Waals surface area (Å²) in [5.74, 6) is 0.478. The Balaban J connectivity index is 2.14. The molecule has 1 aliphatic heterocycles. The first-order valence-corrected chi connectivity index (χ1v) is 6.60. The third-order valence-corrected chi connectivity index (χ3v) is 3.39. The molecule has 0 spiro atoms. The zero-order chi connectivity index (χ0) is 13.1. The van der Waals surface area contributed by atoms with Crippen LogP contribution in [0.4, 0.5) is 5.82 Å². The van der Waals surface area contributed by atoms with Crippen molar-refractivity contribution in [2.45, 2.75) is 38.8 Å². The lowest BCUT2D eigenvalue weighted by Crippen LogP contribution is -2.41. The van der Waals surface area contributed by atoms with E-state index in [4.69, 9.17) is 0 Å². The lowest BCUT2D eigenvalue weighted by molar-refractivity contribution is 0.260. The number of hydrogen-bond donors (Lipinski definition) is 1. The molecule has 5 heteroatoms. The minimum absolute atomic E-state index is 0.0271. The molecule has 1 aromatic heterocycles. The summed E-state index contributed by atoms with van der Waals surface area (Å²) in [6.45, 7) is 6.10. The topological polar surface area (TPSA) is 50.2 Å². The highest BCUT2D eigenvalue weighted by molar-refractivity contribution is 5.32. The third kappa shape index (κ3) is 2.90. The molecule has 2 heterocycles. The second-order valence-corrected chi connectivity index (χ2v) is 5.33. The fourth-order valence-corrected chi connectivity index (χ4v) is 2.41. The van der Waals surface area contributed by atoms with Gasteiger partial charge in [-0.05, 0) is 40.3 Å². The van der Waals surface area contributed by atoms with Crippen molar-refractivity contribution in [2.75, 3.05) is 25.5 Å². The van der Waals surface area contributed by atoms with Crippen LogP contribution in [0.25, 0.3) is 0 Å². The first-order chi connectivity index (χ1) is 8.58. The van der Waals surface area contributed by atoms with Gasteiger partial charge in [0, 0.05) is 31.0 Å². The molecule has 0 aliphatic carbocycles. The molecule has 0 amide bonds. The monoisotopic (exact) mass is 250 g/mol. The van der Waals surface area contributed by atoms with E-state index in [1.54, 1.807) is 17.0 Å². The Morgan fingerprint density at radius 3 is 2.94 bits per heavy atom. The number of piperidine rings is 1. The van der Waals surface area contributed by atoms with Gasteiger partial charge in [0.25, 0.3) is 5.56 Å². The lowest BCUT2D eigenvalue weighted by Gasteiger charge is -2.30. The molecule has 1 aliphatic rings. The molecular weight excluding hydrogens is 228 g/mol. The van der Waals surface area contributed by atoms with Gasteiger partial charge in [0.2, 0.25) is 0 Å². The number of likely N-dealkylation sites (N-methyl/N-ethyl adjacent to an activating group) is 1. The summed E-state index contributed by atoms with van der Waals surface area (Å²) in [5.41, 5.74) is -0.0271. The molecule has 1 N–H and O–H groups in total. The molecule has 100 valence electrons. The van der Waals surface area contributed by atoms with Gasteiger partial charge in [0.15, 0.2) is 5.82 Å². The SMILES string of the molecule is CC(C)n1ccnc(NC2CCCN(C)C2)c1=O. The van der Waals surface area contributed by atoms with E-state index in [1.807, 2.05) is 13.8 Å². The second-order valence-electron chi connectivity index (χ2n) is 5.33. The zero-order valence-electron chi connectivity index (χ0n) is 11.4. The maximum absolute atomic E-state index is 12.2. The van der Waals surface area contributed by atoms with Crippen LogP contribution in [0.1, 0.15) is 32.7 Å². The molecule has 1 fully saturated rings. The molecule has 0 aromatic carbocycles. The third-order valence-electron chi connectivity index (χ3n) is 3.39. The van der Waals surface area contributed by atoms with Crippen LogP contribution in [0, 0.1) is 0 Å². The summed E-state index contributed by atoms with van der Waals surface area (Å²) >= 11 is 0. The predicted molar refractivity (Wildman–Crippen MR) is 73.0 cm³/mol. The van der Waals surface area contributed by atoms with Crippen molar-refractivity contribution >= 4 is 5.82 Å². The van der Waals surface area contributed by atoms with Gasteiger partial charge in [0.05, 0.1) is 0 Å². The van der Waals surface area contributed by atoms with E-state index in [-0.39, 0.29) is 11.6 Å². The second kappa shape index (κ2) is 5.52. The first kappa shape index (κ1) is 13.1. The van der Waals surface area contributed by atoms with E-state index < -0.39 is 0 Å². The fourth-order valence-electron chi connectivity index (χ4n) is 2.41. The molecule has 18 heavy (non-hydrogen) atoms. The largest absolute Gasteiger partial charge is 0.361 e. The van der Waals surface area contributed by atoms with Gasteiger partial charge >= 0.3 is 0 Å². The Hall–Kier alpha value is -1.36. The summed E-state index contributed by atoms with van der Waals surface area (Å²) in [6, 6.07) is 0.488. The molecule has 0 radical (unpaired) electrons.